The Kier molecular flexibility index (Phi) is 5.69. The first kappa shape index (κ1) is 17.7. The standard InChI is InChI=1S/C15H13FN2O5S/c16-10-3-1-2-9(6-10)7-11-14(22)18(15(23)24-11)8-12(19)17-5-4-13(20)21/h1-3,6-7H,4-5,8H2,(H,17,19)(H,20,21)/b11-7-. The number of nitrogens with zero attached hydrogens (tertiary/aromatic N) is 1. The number of thioether (sulfide) groups is 1. The molecule has 7 nitrogen and oxygen atoms in total. The van der Waals surface area contributed by atoms with Crippen LogP contribution in [0.15, 0.2) is 29.2 Å². The third-order valence-electron chi connectivity index (χ3n) is 2.98. The van der Waals surface area contributed by atoms with Crippen LogP contribution < -0.4 is 5.32 Å². The monoisotopic (exact) mass is 352 g/mol. The van der Waals surface area contributed by atoms with Gasteiger partial charge >= 0.3 is 5.97 Å². The van der Waals surface area contributed by atoms with Crippen molar-refractivity contribution >= 4 is 40.9 Å². The fourth-order valence-corrected chi connectivity index (χ4v) is 2.73. The van der Waals surface area contributed by atoms with Crippen LogP contribution in [0.2, 0.25) is 0 Å². The summed E-state index contributed by atoms with van der Waals surface area (Å²) in [5.74, 6) is -2.83. The number of carboxylic acids is 1. The number of halogens is 1. The Bertz CT molecular complexity index is 734. The molecular weight excluding hydrogens is 339 g/mol. The molecule has 1 fully saturated rings. The molecule has 0 radical (unpaired) electrons. The Balaban J connectivity index is 2.01. The van der Waals surface area contributed by atoms with Crippen LogP contribution in [0.5, 0.6) is 0 Å². The lowest BCUT2D eigenvalue weighted by atomic mass is 10.2. The van der Waals surface area contributed by atoms with Crippen molar-refractivity contribution < 1.29 is 28.7 Å². The van der Waals surface area contributed by atoms with Crippen LogP contribution >= 0.6 is 11.8 Å². The van der Waals surface area contributed by atoms with Gasteiger partial charge in [-0.1, -0.05) is 12.1 Å². The average Bonchev–Trinajstić information content (AvgIpc) is 2.74. The maximum Gasteiger partial charge on any atom is 0.305 e. The minimum Gasteiger partial charge on any atom is -0.481 e. The van der Waals surface area contributed by atoms with Crippen molar-refractivity contribution in [2.45, 2.75) is 6.42 Å². The molecule has 0 saturated carbocycles. The molecule has 0 spiro atoms. The summed E-state index contributed by atoms with van der Waals surface area (Å²) in [6.45, 7) is -0.589. The molecule has 0 unspecified atom stereocenters. The highest BCUT2D eigenvalue weighted by atomic mass is 32.2. The number of imide groups is 1. The lowest BCUT2D eigenvalue weighted by molar-refractivity contribution is -0.137. The molecule has 0 aromatic heterocycles. The molecule has 1 aliphatic rings. The van der Waals surface area contributed by atoms with Crippen molar-refractivity contribution in [3.05, 3.63) is 40.6 Å². The van der Waals surface area contributed by atoms with Crippen molar-refractivity contribution in [3.8, 4) is 0 Å². The summed E-state index contributed by atoms with van der Waals surface area (Å²) in [6.07, 6.45) is 1.11. The Hall–Kier alpha value is -2.68. The first-order valence-electron chi connectivity index (χ1n) is 6.86. The smallest absolute Gasteiger partial charge is 0.305 e. The first-order chi connectivity index (χ1) is 11.4. The molecule has 126 valence electrons. The number of aliphatic carboxylic acids is 1. The molecule has 9 heteroatoms. The van der Waals surface area contributed by atoms with Crippen LogP contribution in [0, 0.1) is 5.82 Å². The van der Waals surface area contributed by atoms with Gasteiger partial charge in [0.2, 0.25) is 5.91 Å². The van der Waals surface area contributed by atoms with Gasteiger partial charge < -0.3 is 10.4 Å². The zero-order valence-corrected chi connectivity index (χ0v) is 13.1. The summed E-state index contributed by atoms with van der Waals surface area (Å²) >= 11 is 0.655. The van der Waals surface area contributed by atoms with Gasteiger partial charge in [0.1, 0.15) is 12.4 Å². The van der Waals surface area contributed by atoms with E-state index >= 15 is 0 Å². The Morgan fingerprint density at radius 1 is 1.33 bits per heavy atom. The highest BCUT2D eigenvalue weighted by molar-refractivity contribution is 8.18. The van der Waals surface area contributed by atoms with Crippen molar-refractivity contribution in [2.24, 2.45) is 0 Å². The molecule has 0 aliphatic carbocycles. The number of benzene rings is 1. The molecule has 2 rings (SSSR count). The van der Waals surface area contributed by atoms with Crippen molar-refractivity contribution in [3.63, 3.8) is 0 Å². The van der Waals surface area contributed by atoms with E-state index in [1.54, 1.807) is 6.07 Å². The van der Waals surface area contributed by atoms with Gasteiger partial charge in [-0.25, -0.2) is 4.39 Å². The molecule has 1 aromatic carbocycles. The second-order valence-electron chi connectivity index (χ2n) is 4.82. The zero-order chi connectivity index (χ0) is 17.7. The van der Waals surface area contributed by atoms with Gasteiger partial charge in [0, 0.05) is 6.54 Å². The van der Waals surface area contributed by atoms with Gasteiger partial charge in [-0.2, -0.15) is 0 Å². The molecule has 1 heterocycles. The second-order valence-corrected chi connectivity index (χ2v) is 5.81. The lowest BCUT2D eigenvalue weighted by Gasteiger charge is -2.11. The minimum atomic E-state index is -1.07. The van der Waals surface area contributed by atoms with E-state index in [2.05, 4.69) is 5.32 Å². The molecule has 24 heavy (non-hydrogen) atoms. The van der Waals surface area contributed by atoms with Gasteiger partial charge in [-0.15, -0.1) is 0 Å². The Labute approximate surface area is 140 Å². The Morgan fingerprint density at radius 3 is 2.75 bits per heavy atom. The predicted octanol–water partition coefficient (Wildman–Crippen LogP) is 1.45. The van der Waals surface area contributed by atoms with E-state index in [1.807, 2.05) is 0 Å². The molecule has 0 bridgehead atoms. The summed E-state index contributed by atoms with van der Waals surface area (Å²) < 4.78 is 13.1. The van der Waals surface area contributed by atoms with Gasteiger partial charge in [0.05, 0.1) is 11.3 Å². The summed E-state index contributed by atoms with van der Waals surface area (Å²) in [5, 5.41) is 10.2. The molecular formula is C15H13FN2O5S. The molecule has 2 N–H and O–H groups in total. The van der Waals surface area contributed by atoms with Gasteiger partial charge in [0.15, 0.2) is 0 Å². The largest absolute Gasteiger partial charge is 0.481 e. The maximum atomic E-state index is 13.1. The zero-order valence-electron chi connectivity index (χ0n) is 12.3. The molecule has 1 aromatic rings. The normalized spacial score (nSPS) is 15.9. The summed E-state index contributed by atoms with van der Waals surface area (Å²) in [6, 6.07) is 5.52. The Morgan fingerprint density at radius 2 is 2.08 bits per heavy atom. The molecule has 0 atom stereocenters. The number of carbonyl (C=O) groups excluding carboxylic acids is 3. The number of rotatable bonds is 6. The van der Waals surface area contributed by atoms with Crippen molar-refractivity contribution in [2.75, 3.05) is 13.1 Å². The molecule has 1 aliphatic heterocycles. The fraction of sp³-hybridized carbons (Fsp3) is 0.200. The van der Waals surface area contributed by atoms with Gasteiger partial charge in [0.25, 0.3) is 11.1 Å². The van der Waals surface area contributed by atoms with E-state index in [0.717, 1.165) is 4.90 Å². The SMILES string of the molecule is O=C(O)CCNC(=O)CN1C(=O)S/C(=C\c2cccc(F)c2)C1=O. The quantitative estimate of drug-likeness (QED) is 0.751. The van der Waals surface area contributed by atoms with E-state index in [0.29, 0.717) is 17.3 Å². The van der Waals surface area contributed by atoms with E-state index in [1.165, 1.54) is 24.3 Å². The first-order valence-corrected chi connectivity index (χ1v) is 7.68. The number of hydrogen-bond acceptors (Lipinski definition) is 5. The molecule has 3 amide bonds. The number of carbonyl (C=O) groups is 4. The second kappa shape index (κ2) is 7.73. The number of carboxylic acid groups (broad SMARTS) is 1. The van der Waals surface area contributed by atoms with Gasteiger partial charge in [-0.3, -0.25) is 24.1 Å². The topological polar surface area (TPSA) is 104 Å². The van der Waals surface area contributed by atoms with Crippen LogP contribution in [0.1, 0.15) is 12.0 Å². The fourth-order valence-electron chi connectivity index (χ4n) is 1.89. The van der Waals surface area contributed by atoms with Gasteiger partial charge in [-0.05, 0) is 35.5 Å². The van der Waals surface area contributed by atoms with Crippen LogP contribution in [-0.4, -0.2) is 46.1 Å². The summed E-state index contributed by atoms with van der Waals surface area (Å²) in [5.41, 5.74) is 0.423. The average molecular weight is 352 g/mol. The van der Waals surface area contributed by atoms with Crippen LogP contribution in [-0.2, 0) is 14.4 Å². The van der Waals surface area contributed by atoms with E-state index in [9.17, 15) is 23.6 Å². The van der Waals surface area contributed by atoms with E-state index in [4.69, 9.17) is 5.11 Å². The van der Waals surface area contributed by atoms with Crippen molar-refractivity contribution in [1.82, 2.24) is 10.2 Å². The number of hydrogen-bond donors (Lipinski definition) is 2. The van der Waals surface area contributed by atoms with E-state index in [-0.39, 0.29) is 17.9 Å². The van der Waals surface area contributed by atoms with E-state index < -0.39 is 35.4 Å². The third kappa shape index (κ3) is 4.66. The van der Waals surface area contributed by atoms with Crippen LogP contribution in [0.25, 0.3) is 6.08 Å². The lowest BCUT2D eigenvalue weighted by Crippen LogP contribution is -2.40. The third-order valence-corrected chi connectivity index (χ3v) is 3.89. The highest BCUT2D eigenvalue weighted by Crippen LogP contribution is 2.31. The number of nitrogens with one attached hydrogen (secondary N) is 1. The summed E-state index contributed by atoms with van der Waals surface area (Å²) in [7, 11) is 0. The number of amides is 3. The summed E-state index contributed by atoms with van der Waals surface area (Å²) in [4.78, 5) is 46.9. The molecule has 1 saturated heterocycles. The highest BCUT2D eigenvalue weighted by Gasteiger charge is 2.36. The van der Waals surface area contributed by atoms with Crippen LogP contribution in [0.3, 0.4) is 0 Å². The maximum absolute atomic E-state index is 13.1. The minimum absolute atomic E-state index is 0.0870. The van der Waals surface area contributed by atoms with Crippen LogP contribution in [0.4, 0.5) is 9.18 Å². The predicted molar refractivity (Wildman–Crippen MR) is 84.3 cm³/mol. The van der Waals surface area contributed by atoms with Crippen molar-refractivity contribution in [1.29, 1.82) is 0 Å².